The monoisotopic (exact) mass is 430 g/mol. The predicted octanol–water partition coefficient (Wildman–Crippen LogP) is 3.72. The van der Waals surface area contributed by atoms with Crippen LogP contribution in [-0.2, 0) is 16.0 Å². The van der Waals surface area contributed by atoms with Crippen molar-refractivity contribution in [2.75, 3.05) is 7.05 Å². The Kier molecular flexibility index (Phi) is 7.07. The van der Waals surface area contributed by atoms with E-state index in [1.807, 2.05) is 12.1 Å². The lowest BCUT2D eigenvalue weighted by molar-refractivity contribution is -0.129. The number of carbonyl (C=O) groups excluding carboxylic acids is 2. The molecule has 0 fully saturated rings. The summed E-state index contributed by atoms with van der Waals surface area (Å²) < 4.78 is 27.5. The Morgan fingerprint density at radius 1 is 1.20 bits per heavy atom. The zero-order valence-electron chi connectivity index (χ0n) is 13.4. The second-order valence-electron chi connectivity index (χ2n) is 5.35. The van der Waals surface area contributed by atoms with Gasteiger partial charge in [-0.15, -0.1) is 11.3 Å². The third kappa shape index (κ3) is 5.61. The zero-order chi connectivity index (χ0) is 18.4. The molecule has 0 aliphatic carbocycles. The summed E-state index contributed by atoms with van der Waals surface area (Å²) in [6.07, 6.45) is 1.60. The number of hydrogen-bond donors (Lipinski definition) is 2. The zero-order valence-corrected chi connectivity index (χ0v) is 15.8. The molecule has 0 bridgehead atoms. The van der Waals surface area contributed by atoms with Gasteiger partial charge in [0.2, 0.25) is 11.8 Å². The van der Waals surface area contributed by atoms with Crippen LogP contribution in [0.4, 0.5) is 8.78 Å². The molecule has 1 atom stereocenters. The smallest absolute Gasteiger partial charge is 0.246 e. The Labute approximate surface area is 156 Å². The van der Waals surface area contributed by atoms with E-state index < -0.39 is 23.6 Å². The van der Waals surface area contributed by atoms with E-state index in [2.05, 4.69) is 26.6 Å². The molecular formula is C17H17BrF2N2O2S. The van der Waals surface area contributed by atoms with E-state index in [9.17, 15) is 18.4 Å². The van der Waals surface area contributed by atoms with Crippen LogP contribution < -0.4 is 10.6 Å². The quantitative estimate of drug-likeness (QED) is 0.703. The molecular weight excluding hydrogens is 414 g/mol. The average molecular weight is 431 g/mol. The molecule has 0 aliphatic heterocycles. The van der Waals surface area contributed by atoms with Crippen LogP contribution in [0.15, 0.2) is 34.1 Å². The molecule has 0 aliphatic rings. The molecule has 0 saturated carbocycles. The SMILES string of the molecule is CNC(=O)C(NC(=O)CCCc1ccc(Br)s1)c1ccc(F)c(F)c1. The fourth-order valence-corrected chi connectivity index (χ4v) is 3.80. The Bertz CT molecular complexity index is 767. The van der Waals surface area contributed by atoms with Gasteiger partial charge in [0.05, 0.1) is 3.79 Å². The number of hydrogen-bond acceptors (Lipinski definition) is 3. The number of aryl methyl sites for hydroxylation is 1. The number of nitrogens with one attached hydrogen (secondary N) is 2. The van der Waals surface area contributed by atoms with Crippen molar-refractivity contribution in [3.63, 3.8) is 0 Å². The van der Waals surface area contributed by atoms with E-state index in [0.29, 0.717) is 6.42 Å². The van der Waals surface area contributed by atoms with Gasteiger partial charge in [-0.25, -0.2) is 8.78 Å². The Hall–Kier alpha value is -1.80. The maximum atomic E-state index is 13.4. The van der Waals surface area contributed by atoms with Crippen molar-refractivity contribution in [3.05, 3.63) is 56.2 Å². The van der Waals surface area contributed by atoms with E-state index in [1.54, 1.807) is 11.3 Å². The van der Waals surface area contributed by atoms with E-state index in [4.69, 9.17) is 0 Å². The first-order chi connectivity index (χ1) is 11.9. The largest absolute Gasteiger partial charge is 0.357 e. The summed E-state index contributed by atoms with van der Waals surface area (Å²) in [7, 11) is 1.41. The highest BCUT2D eigenvalue weighted by Gasteiger charge is 2.22. The van der Waals surface area contributed by atoms with E-state index in [1.165, 1.54) is 13.1 Å². The van der Waals surface area contributed by atoms with Crippen molar-refractivity contribution < 1.29 is 18.4 Å². The predicted molar refractivity (Wildman–Crippen MR) is 96.3 cm³/mol. The normalized spacial score (nSPS) is 11.8. The molecule has 2 rings (SSSR count). The Morgan fingerprint density at radius 2 is 1.96 bits per heavy atom. The average Bonchev–Trinajstić information content (AvgIpc) is 3.00. The molecule has 0 spiro atoms. The van der Waals surface area contributed by atoms with Gasteiger partial charge >= 0.3 is 0 Å². The molecule has 1 aromatic heterocycles. The summed E-state index contributed by atoms with van der Waals surface area (Å²) in [5.41, 5.74) is 0.189. The molecule has 0 saturated heterocycles. The summed E-state index contributed by atoms with van der Waals surface area (Å²) in [5.74, 6) is -2.90. The van der Waals surface area contributed by atoms with Crippen LogP contribution in [0.3, 0.4) is 0 Å². The summed E-state index contributed by atoms with van der Waals surface area (Å²) in [6, 6.07) is 6.00. The molecule has 134 valence electrons. The molecule has 2 N–H and O–H groups in total. The van der Waals surface area contributed by atoms with Gasteiger partial charge in [0, 0.05) is 18.3 Å². The van der Waals surface area contributed by atoms with Gasteiger partial charge in [-0.05, 0) is 58.6 Å². The minimum absolute atomic E-state index is 0.189. The van der Waals surface area contributed by atoms with E-state index >= 15 is 0 Å². The summed E-state index contributed by atoms with van der Waals surface area (Å²) in [4.78, 5) is 25.3. The van der Waals surface area contributed by atoms with E-state index in [0.717, 1.165) is 27.2 Å². The third-order valence-electron chi connectivity index (χ3n) is 3.55. The number of likely N-dealkylation sites (N-methyl/N-ethyl adjacent to an activating group) is 1. The van der Waals surface area contributed by atoms with Crippen LogP contribution in [0, 0.1) is 11.6 Å². The van der Waals surface area contributed by atoms with Crippen molar-refractivity contribution in [3.8, 4) is 0 Å². The van der Waals surface area contributed by atoms with Gasteiger partial charge in [0.25, 0.3) is 0 Å². The highest BCUT2D eigenvalue weighted by atomic mass is 79.9. The summed E-state index contributed by atoms with van der Waals surface area (Å²) in [5, 5.41) is 4.99. The minimum Gasteiger partial charge on any atom is -0.357 e. The molecule has 0 radical (unpaired) electrons. The van der Waals surface area contributed by atoms with Crippen LogP contribution in [0.1, 0.15) is 29.3 Å². The van der Waals surface area contributed by atoms with E-state index in [-0.39, 0.29) is 17.9 Å². The number of rotatable bonds is 7. The fraction of sp³-hybridized carbons (Fsp3) is 0.294. The van der Waals surface area contributed by atoms with Gasteiger partial charge in [-0.3, -0.25) is 9.59 Å². The molecule has 1 unspecified atom stereocenters. The van der Waals surface area contributed by atoms with Gasteiger partial charge in [-0.1, -0.05) is 6.07 Å². The number of carbonyl (C=O) groups is 2. The van der Waals surface area contributed by atoms with Crippen LogP contribution in [0.2, 0.25) is 0 Å². The van der Waals surface area contributed by atoms with Crippen LogP contribution in [-0.4, -0.2) is 18.9 Å². The highest BCUT2D eigenvalue weighted by Crippen LogP contribution is 2.23. The first-order valence-electron chi connectivity index (χ1n) is 7.61. The lowest BCUT2D eigenvalue weighted by Gasteiger charge is -2.18. The number of amides is 2. The molecule has 1 aromatic carbocycles. The standard InChI is InChI=1S/C17H17BrF2N2O2S/c1-21-17(24)16(10-5-7-12(19)13(20)9-10)22-15(23)4-2-3-11-6-8-14(18)25-11/h5-9,16H,2-4H2,1H3,(H,21,24)(H,22,23). The lowest BCUT2D eigenvalue weighted by atomic mass is 10.1. The van der Waals surface area contributed by atoms with Crippen molar-refractivity contribution in [1.82, 2.24) is 10.6 Å². The molecule has 2 amide bonds. The Balaban J connectivity index is 1.97. The van der Waals surface area contributed by atoms with Crippen molar-refractivity contribution in [1.29, 1.82) is 0 Å². The van der Waals surface area contributed by atoms with Crippen LogP contribution >= 0.6 is 27.3 Å². The molecule has 8 heteroatoms. The summed E-state index contributed by atoms with van der Waals surface area (Å²) >= 11 is 4.99. The van der Waals surface area contributed by atoms with Gasteiger partial charge in [-0.2, -0.15) is 0 Å². The third-order valence-corrected chi connectivity index (χ3v) is 5.23. The molecule has 25 heavy (non-hydrogen) atoms. The van der Waals surface area contributed by atoms with Gasteiger partial charge < -0.3 is 10.6 Å². The fourth-order valence-electron chi connectivity index (χ4n) is 2.28. The van der Waals surface area contributed by atoms with Gasteiger partial charge in [0.1, 0.15) is 6.04 Å². The topological polar surface area (TPSA) is 58.2 Å². The molecule has 1 heterocycles. The van der Waals surface area contributed by atoms with Crippen molar-refractivity contribution >= 4 is 39.1 Å². The van der Waals surface area contributed by atoms with Crippen molar-refractivity contribution in [2.24, 2.45) is 0 Å². The first-order valence-corrected chi connectivity index (χ1v) is 9.21. The lowest BCUT2D eigenvalue weighted by Crippen LogP contribution is -2.39. The summed E-state index contributed by atoms with van der Waals surface area (Å²) in [6.45, 7) is 0. The molecule has 2 aromatic rings. The second kappa shape index (κ2) is 9.05. The van der Waals surface area contributed by atoms with Gasteiger partial charge in [0.15, 0.2) is 11.6 Å². The number of benzene rings is 1. The van der Waals surface area contributed by atoms with Crippen LogP contribution in [0.5, 0.6) is 0 Å². The minimum atomic E-state index is -1.07. The maximum absolute atomic E-state index is 13.4. The Morgan fingerprint density at radius 3 is 2.56 bits per heavy atom. The number of halogens is 3. The van der Waals surface area contributed by atoms with Crippen LogP contribution in [0.25, 0.3) is 0 Å². The highest BCUT2D eigenvalue weighted by molar-refractivity contribution is 9.11. The molecule has 4 nitrogen and oxygen atoms in total. The number of thiophene rings is 1. The first kappa shape index (κ1) is 19.5. The second-order valence-corrected chi connectivity index (χ2v) is 7.90. The maximum Gasteiger partial charge on any atom is 0.246 e. The van der Waals surface area contributed by atoms with Crippen molar-refractivity contribution in [2.45, 2.75) is 25.3 Å².